The van der Waals surface area contributed by atoms with Gasteiger partial charge in [0.25, 0.3) is 11.8 Å². The number of ether oxygens (including phenoxy) is 4. The molecule has 0 unspecified atom stereocenters. The second kappa shape index (κ2) is 8.37. The first-order chi connectivity index (χ1) is 15.0. The Bertz CT molecular complexity index is 998. The third-order valence-corrected chi connectivity index (χ3v) is 5.92. The zero-order valence-corrected chi connectivity index (χ0v) is 17.9. The SMILES string of the molecule is COc1ccc2c(c1)OC1(CCN(C(=O)c3ccc(OC)c(OC)c3)CC1)CNC2=O. The molecule has 31 heavy (non-hydrogen) atoms. The number of likely N-dealkylation sites (tertiary alicyclic amines) is 1. The monoisotopic (exact) mass is 426 g/mol. The van der Waals surface area contributed by atoms with Gasteiger partial charge in [0.2, 0.25) is 0 Å². The molecule has 2 aliphatic heterocycles. The van der Waals surface area contributed by atoms with Crippen LogP contribution in [0.4, 0.5) is 0 Å². The molecule has 164 valence electrons. The zero-order chi connectivity index (χ0) is 22.0. The first-order valence-electron chi connectivity index (χ1n) is 10.1. The Balaban J connectivity index is 1.50. The Morgan fingerprint density at radius 1 is 1.00 bits per heavy atom. The summed E-state index contributed by atoms with van der Waals surface area (Å²) in [5.41, 5.74) is 0.460. The molecule has 0 aromatic heterocycles. The van der Waals surface area contributed by atoms with Crippen LogP contribution in [-0.2, 0) is 0 Å². The van der Waals surface area contributed by atoms with E-state index in [9.17, 15) is 9.59 Å². The van der Waals surface area contributed by atoms with Crippen LogP contribution in [0.25, 0.3) is 0 Å². The number of amides is 2. The van der Waals surface area contributed by atoms with E-state index in [1.807, 2.05) is 0 Å². The minimum absolute atomic E-state index is 0.0736. The van der Waals surface area contributed by atoms with Crippen molar-refractivity contribution in [3.05, 3.63) is 47.5 Å². The number of benzene rings is 2. The zero-order valence-electron chi connectivity index (χ0n) is 17.9. The summed E-state index contributed by atoms with van der Waals surface area (Å²) in [5.74, 6) is 1.99. The summed E-state index contributed by atoms with van der Waals surface area (Å²) >= 11 is 0. The molecule has 1 saturated heterocycles. The van der Waals surface area contributed by atoms with Crippen molar-refractivity contribution in [1.29, 1.82) is 0 Å². The number of methoxy groups -OCH3 is 3. The highest BCUT2D eigenvalue weighted by molar-refractivity contribution is 5.97. The Hall–Kier alpha value is -3.42. The fraction of sp³-hybridized carbons (Fsp3) is 0.391. The van der Waals surface area contributed by atoms with Gasteiger partial charge in [-0.1, -0.05) is 0 Å². The van der Waals surface area contributed by atoms with Gasteiger partial charge in [-0.2, -0.15) is 0 Å². The second-order valence-corrected chi connectivity index (χ2v) is 7.69. The van der Waals surface area contributed by atoms with E-state index in [4.69, 9.17) is 18.9 Å². The highest BCUT2D eigenvalue weighted by Gasteiger charge is 2.41. The number of fused-ring (bicyclic) bond motifs is 1. The number of rotatable bonds is 4. The average molecular weight is 426 g/mol. The highest BCUT2D eigenvalue weighted by atomic mass is 16.5. The third-order valence-electron chi connectivity index (χ3n) is 5.92. The van der Waals surface area contributed by atoms with Crippen LogP contribution in [0.1, 0.15) is 33.6 Å². The lowest BCUT2D eigenvalue weighted by Gasteiger charge is -2.41. The molecule has 2 aromatic rings. The van der Waals surface area contributed by atoms with Crippen LogP contribution in [0.2, 0.25) is 0 Å². The lowest BCUT2D eigenvalue weighted by atomic mass is 9.90. The molecule has 0 aliphatic carbocycles. The van der Waals surface area contributed by atoms with Gasteiger partial charge >= 0.3 is 0 Å². The Morgan fingerprint density at radius 2 is 1.74 bits per heavy atom. The predicted molar refractivity (Wildman–Crippen MR) is 113 cm³/mol. The lowest BCUT2D eigenvalue weighted by molar-refractivity contribution is 0.00761. The molecule has 2 heterocycles. The molecule has 0 radical (unpaired) electrons. The largest absolute Gasteiger partial charge is 0.497 e. The number of nitrogens with one attached hydrogen (secondary N) is 1. The molecule has 4 rings (SSSR count). The second-order valence-electron chi connectivity index (χ2n) is 7.69. The van der Waals surface area contributed by atoms with Crippen LogP contribution in [0.5, 0.6) is 23.0 Å². The molecule has 8 nitrogen and oxygen atoms in total. The summed E-state index contributed by atoms with van der Waals surface area (Å²) in [6, 6.07) is 10.3. The minimum Gasteiger partial charge on any atom is -0.497 e. The maximum Gasteiger partial charge on any atom is 0.255 e. The van der Waals surface area contributed by atoms with Gasteiger partial charge in [0.15, 0.2) is 11.5 Å². The number of nitrogens with zero attached hydrogens (tertiary/aromatic N) is 1. The van der Waals surface area contributed by atoms with Gasteiger partial charge < -0.3 is 29.2 Å². The first kappa shape index (κ1) is 20.8. The minimum atomic E-state index is -0.568. The molecule has 1 N–H and O–H groups in total. The maximum atomic E-state index is 13.0. The number of piperidine rings is 1. The van der Waals surface area contributed by atoms with Crippen molar-refractivity contribution >= 4 is 11.8 Å². The summed E-state index contributed by atoms with van der Waals surface area (Å²) in [6.45, 7) is 1.42. The molecule has 2 aromatic carbocycles. The van der Waals surface area contributed by atoms with Crippen LogP contribution in [-0.4, -0.2) is 63.3 Å². The molecular weight excluding hydrogens is 400 g/mol. The Kier molecular flexibility index (Phi) is 5.63. The van der Waals surface area contributed by atoms with Gasteiger partial charge in [0.1, 0.15) is 17.1 Å². The van der Waals surface area contributed by atoms with Crippen molar-refractivity contribution in [2.75, 3.05) is 41.0 Å². The molecule has 1 fully saturated rings. The average Bonchev–Trinajstić information content (AvgIpc) is 2.94. The number of hydrogen-bond acceptors (Lipinski definition) is 6. The molecule has 1 spiro atoms. The fourth-order valence-electron chi connectivity index (χ4n) is 4.06. The van der Waals surface area contributed by atoms with Gasteiger partial charge in [-0.25, -0.2) is 0 Å². The molecular formula is C23H26N2O6. The highest BCUT2D eigenvalue weighted by Crippen LogP contribution is 2.35. The van der Waals surface area contributed by atoms with E-state index in [0.717, 1.165) is 0 Å². The van der Waals surface area contributed by atoms with E-state index in [1.54, 1.807) is 62.6 Å². The summed E-state index contributed by atoms with van der Waals surface area (Å²) in [7, 11) is 4.68. The number of hydrogen-bond donors (Lipinski definition) is 1. The van der Waals surface area contributed by atoms with Crippen molar-refractivity contribution < 1.29 is 28.5 Å². The normalized spacial score (nSPS) is 17.1. The van der Waals surface area contributed by atoms with Crippen LogP contribution in [0, 0.1) is 0 Å². The fourth-order valence-corrected chi connectivity index (χ4v) is 4.06. The van der Waals surface area contributed by atoms with Crippen molar-refractivity contribution in [2.24, 2.45) is 0 Å². The van der Waals surface area contributed by atoms with Crippen molar-refractivity contribution in [1.82, 2.24) is 10.2 Å². The van der Waals surface area contributed by atoms with Crippen LogP contribution in [0.3, 0.4) is 0 Å². The molecule has 8 heteroatoms. The summed E-state index contributed by atoms with van der Waals surface area (Å²) < 4.78 is 22.2. The molecule has 0 atom stereocenters. The number of carbonyl (C=O) groups excluding carboxylic acids is 2. The topological polar surface area (TPSA) is 86.3 Å². The van der Waals surface area contributed by atoms with Crippen LogP contribution < -0.4 is 24.3 Å². The molecule has 0 saturated carbocycles. The van der Waals surface area contributed by atoms with Gasteiger partial charge in [-0.3, -0.25) is 9.59 Å². The number of carbonyl (C=O) groups is 2. The summed E-state index contributed by atoms with van der Waals surface area (Å²) in [6.07, 6.45) is 1.20. The third kappa shape index (κ3) is 3.97. The van der Waals surface area contributed by atoms with Gasteiger partial charge in [0.05, 0.1) is 33.4 Å². The molecule has 0 bridgehead atoms. The summed E-state index contributed by atoms with van der Waals surface area (Å²) in [5, 5.41) is 2.96. The first-order valence-corrected chi connectivity index (χ1v) is 10.1. The van der Waals surface area contributed by atoms with Crippen molar-refractivity contribution in [2.45, 2.75) is 18.4 Å². The van der Waals surface area contributed by atoms with Gasteiger partial charge in [0, 0.05) is 37.6 Å². The van der Waals surface area contributed by atoms with E-state index in [2.05, 4.69) is 5.32 Å². The van der Waals surface area contributed by atoms with Gasteiger partial charge in [-0.05, 0) is 30.3 Å². The standard InChI is InChI=1S/C23H26N2O6/c1-28-16-5-6-17-19(13-16)31-23(14-24-21(17)26)8-10-25(11-9-23)22(27)15-4-7-18(29-2)20(12-15)30-3/h4-7,12-13H,8-11,14H2,1-3H3,(H,24,26). The Morgan fingerprint density at radius 3 is 2.42 bits per heavy atom. The van der Waals surface area contributed by atoms with Crippen LogP contribution in [0.15, 0.2) is 36.4 Å². The van der Waals surface area contributed by atoms with Crippen molar-refractivity contribution in [3.8, 4) is 23.0 Å². The van der Waals surface area contributed by atoms with Crippen LogP contribution >= 0.6 is 0 Å². The van der Waals surface area contributed by atoms with Gasteiger partial charge in [-0.15, -0.1) is 0 Å². The maximum absolute atomic E-state index is 13.0. The Labute approximate surface area is 181 Å². The van der Waals surface area contributed by atoms with E-state index in [1.165, 1.54) is 0 Å². The molecule has 2 aliphatic rings. The quantitative estimate of drug-likeness (QED) is 0.809. The van der Waals surface area contributed by atoms with E-state index < -0.39 is 5.60 Å². The molecule has 2 amide bonds. The van der Waals surface area contributed by atoms with E-state index in [-0.39, 0.29) is 11.8 Å². The van der Waals surface area contributed by atoms with E-state index >= 15 is 0 Å². The predicted octanol–water partition coefficient (Wildman–Crippen LogP) is 2.51. The van der Waals surface area contributed by atoms with E-state index in [0.29, 0.717) is 66.6 Å². The van der Waals surface area contributed by atoms with Crippen molar-refractivity contribution in [3.63, 3.8) is 0 Å². The lowest BCUT2D eigenvalue weighted by Crippen LogP contribution is -2.54. The summed E-state index contributed by atoms with van der Waals surface area (Å²) in [4.78, 5) is 27.3. The smallest absolute Gasteiger partial charge is 0.255 e.